The lowest BCUT2D eigenvalue weighted by Crippen LogP contribution is -2.46. The number of nitrogens with one attached hydrogen (secondary N) is 2. The third-order valence-corrected chi connectivity index (χ3v) is 12.5. The van der Waals surface area contributed by atoms with E-state index in [1.54, 1.807) is 0 Å². The number of carbonyl (C=O) groups excluding carboxylic acids is 4. The third kappa shape index (κ3) is 4.02. The van der Waals surface area contributed by atoms with Crippen LogP contribution in [-0.4, -0.2) is 23.6 Å². The normalized spacial score (nSPS) is 40.1. The molecule has 0 radical (unpaired) electrons. The summed E-state index contributed by atoms with van der Waals surface area (Å²) in [7, 11) is 0. The number of imide groups is 2. The Morgan fingerprint density at radius 1 is 0.619 bits per heavy atom. The molecule has 2 heterocycles. The molecular formula is C36H48N2O4. The molecule has 2 saturated heterocycles. The second kappa shape index (κ2) is 11.1. The summed E-state index contributed by atoms with van der Waals surface area (Å²) in [4.78, 5) is 51.3. The summed E-state index contributed by atoms with van der Waals surface area (Å²) < 4.78 is 0. The van der Waals surface area contributed by atoms with Gasteiger partial charge in [-0.3, -0.25) is 29.8 Å². The van der Waals surface area contributed by atoms with E-state index in [9.17, 15) is 19.2 Å². The standard InChI is InChI=1S/C36H48N2O4/c1-3-17-35-27(29(39)37-31(35)41)25-15-21-33(35,23-25)19-13-11-9-7-5-6-8-10-12-14-20-34-22-16-26(24-34)28-30(40)38-32(42)36(28,34)18-4-2/h3-4,15-16,21-22,25-28H,1-2,5-14,17-20,23-24H2,(H,37,39,41)(H,38,40,42). The van der Waals surface area contributed by atoms with Crippen molar-refractivity contribution in [3.8, 4) is 0 Å². The van der Waals surface area contributed by atoms with E-state index in [2.05, 4.69) is 48.1 Å². The van der Waals surface area contributed by atoms with Crippen LogP contribution in [0.25, 0.3) is 0 Å². The van der Waals surface area contributed by atoms with E-state index in [0.29, 0.717) is 12.8 Å². The fourth-order valence-electron chi connectivity index (χ4n) is 10.8. The van der Waals surface area contributed by atoms with Gasteiger partial charge >= 0.3 is 0 Å². The molecule has 0 aromatic heterocycles. The maximum Gasteiger partial charge on any atom is 0.234 e. The lowest BCUT2D eigenvalue weighted by Gasteiger charge is -2.42. The van der Waals surface area contributed by atoms with Gasteiger partial charge in [0, 0.05) is 10.8 Å². The molecule has 6 rings (SSSR count). The Bertz CT molecular complexity index is 1140. The first-order valence-corrected chi connectivity index (χ1v) is 16.6. The van der Waals surface area contributed by atoms with Crippen molar-refractivity contribution < 1.29 is 19.2 Å². The molecule has 0 aromatic carbocycles. The monoisotopic (exact) mass is 572 g/mol. The molecule has 4 bridgehead atoms. The van der Waals surface area contributed by atoms with E-state index >= 15 is 0 Å². The Hall–Kier alpha value is -2.76. The van der Waals surface area contributed by atoms with E-state index in [1.165, 1.54) is 51.4 Å². The molecule has 4 amide bonds. The van der Waals surface area contributed by atoms with Gasteiger partial charge in [0.25, 0.3) is 0 Å². The van der Waals surface area contributed by atoms with Gasteiger partial charge in [0.2, 0.25) is 23.6 Å². The van der Waals surface area contributed by atoms with Gasteiger partial charge in [0.1, 0.15) is 0 Å². The molecule has 0 spiro atoms. The van der Waals surface area contributed by atoms with Gasteiger partial charge in [0.05, 0.1) is 22.7 Å². The number of hydrogen-bond acceptors (Lipinski definition) is 4. The van der Waals surface area contributed by atoms with Gasteiger partial charge in [0.15, 0.2) is 0 Å². The minimum Gasteiger partial charge on any atom is -0.296 e. The van der Waals surface area contributed by atoms with E-state index in [0.717, 1.165) is 38.5 Å². The largest absolute Gasteiger partial charge is 0.296 e. The number of allylic oxidation sites excluding steroid dienone is 6. The molecule has 42 heavy (non-hydrogen) atoms. The highest BCUT2D eigenvalue weighted by Crippen LogP contribution is 2.70. The fraction of sp³-hybridized carbons (Fsp3) is 0.667. The van der Waals surface area contributed by atoms with Gasteiger partial charge in [-0.2, -0.15) is 0 Å². The molecule has 8 unspecified atom stereocenters. The summed E-state index contributed by atoms with van der Waals surface area (Å²) >= 11 is 0. The molecule has 6 heteroatoms. The lowest BCUT2D eigenvalue weighted by atomic mass is 9.58. The summed E-state index contributed by atoms with van der Waals surface area (Å²) in [6, 6.07) is 0. The van der Waals surface area contributed by atoms with Crippen LogP contribution in [0.15, 0.2) is 49.6 Å². The zero-order valence-corrected chi connectivity index (χ0v) is 25.1. The van der Waals surface area contributed by atoms with Crippen LogP contribution in [0, 0.1) is 45.3 Å². The van der Waals surface area contributed by atoms with Crippen molar-refractivity contribution in [1.82, 2.24) is 10.6 Å². The molecule has 226 valence electrons. The van der Waals surface area contributed by atoms with Crippen LogP contribution in [0.5, 0.6) is 0 Å². The number of amides is 4. The van der Waals surface area contributed by atoms with Gasteiger partial charge in [-0.1, -0.05) is 101 Å². The number of rotatable bonds is 17. The Morgan fingerprint density at radius 3 is 1.33 bits per heavy atom. The average Bonchev–Trinajstić information content (AvgIpc) is 3.77. The molecule has 4 fully saturated rings. The van der Waals surface area contributed by atoms with Crippen LogP contribution in [-0.2, 0) is 19.2 Å². The minimum atomic E-state index is -0.618. The van der Waals surface area contributed by atoms with Crippen molar-refractivity contribution in [1.29, 1.82) is 0 Å². The average molecular weight is 573 g/mol. The quantitative estimate of drug-likeness (QED) is 0.118. The third-order valence-electron chi connectivity index (χ3n) is 12.5. The van der Waals surface area contributed by atoms with Crippen LogP contribution in [0.1, 0.15) is 103 Å². The summed E-state index contributed by atoms with van der Waals surface area (Å²) in [5.41, 5.74) is -1.62. The van der Waals surface area contributed by atoms with E-state index in [4.69, 9.17) is 0 Å². The Morgan fingerprint density at radius 2 is 0.976 bits per heavy atom. The summed E-state index contributed by atoms with van der Waals surface area (Å²) in [6.45, 7) is 7.84. The van der Waals surface area contributed by atoms with Gasteiger partial charge in [-0.15, -0.1) is 13.2 Å². The first kappa shape index (κ1) is 29.3. The van der Waals surface area contributed by atoms with E-state index in [1.807, 2.05) is 12.2 Å². The fourth-order valence-corrected chi connectivity index (χ4v) is 10.8. The Kier molecular flexibility index (Phi) is 7.72. The van der Waals surface area contributed by atoms with Gasteiger partial charge in [-0.05, 0) is 50.4 Å². The summed E-state index contributed by atoms with van der Waals surface area (Å²) in [6.07, 6.45) is 29.6. The second-order valence-corrected chi connectivity index (χ2v) is 14.3. The highest BCUT2D eigenvalue weighted by molar-refractivity contribution is 6.10. The molecule has 6 aliphatic rings. The summed E-state index contributed by atoms with van der Waals surface area (Å²) in [5, 5.41) is 5.30. The maximum atomic E-state index is 13.0. The topological polar surface area (TPSA) is 92.3 Å². The van der Waals surface area contributed by atoms with Crippen molar-refractivity contribution in [2.75, 3.05) is 0 Å². The molecule has 8 atom stereocenters. The van der Waals surface area contributed by atoms with Crippen molar-refractivity contribution in [2.45, 2.75) is 103 Å². The number of carbonyl (C=O) groups is 4. The number of fused-ring (bicyclic) bond motifs is 10. The SMILES string of the molecule is C=CCC12C(=O)NC(=O)C1C1C=CC2(CCCCCCCCCCCCC23C=CC(C2)C2C(=O)NC(=O)C23CC=C)C1. The molecule has 2 aliphatic heterocycles. The zero-order valence-electron chi connectivity index (χ0n) is 25.1. The predicted octanol–water partition coefficient (Wildman–Crippen LogP) is 6.49. The first-order chi connectivity index (χ1) is 20.3. The van der Waals surface area contributed by atoms with E-state index < -0.39 is 10.8 Å². The van der Waals surface area contributed by atoms with Crippen molar-refractivity contribution >= 4 is 23.6 Å². The zero-order chi connectivity index (χ0) is 29.6. The smallest absolute Gasteiger partial charge is 0.234 e. The van der Waals surface area contributed by atoms with Crippen molar-refractivity contribution in [3.05, 3.63) is 49.6 Å². The van der Waals surface area contributed by atoms with Crippen LogP contribution < -0.4 is 10.6 Å². The Labute approximate surface area is 250 Å². The predicted molar refractivity (Wildman–Crippen MR) is 163 cm³/mol. The van der Waals surface area contributed by atoms with Crippen molar-refractivity contribution in [2.24, 2.45) is 45.3 Å². The van der Waals surface area contributed by atoms with Crippen LogP contribution in [0.2, 0.25) is 0 Å². The van der Waals surface area contributed by atoms with Crippen LogP contribution in [0.4, 0.5) is 0 Å². The van der Waals surface area contributed by atoms with Crippen molar-refractivity contribution in [3.63, 3.8) is 0 Å². The van der Waals surface area contributed by atoms with Crippen LogP contribution >= 0.6 is 0 Å². The van der Waals surface area contributed by atoms with E-state index in [-0.39, 0.29) is 58.1 Å². The molecule has 4 aliphatic carbocycles. The summed E-state index contributed by atoms with van der Waals surface area (Å²) in [5.74, 6) is -0.351. The maximum absolute atomic E-state index is 13.0. The highest BCUT2D eigenvalue weighted by Gasteiger charge is 2.73. The van der Waals surface area contributed by atoms with Gasteiger partial charge < -0.3 is 0 Å². The second-order valence-electron chi connectivity index (χ2n) is 14.3. The highest BCUT2D eigenvalue weighted by atomic mass is 16.2. The minimum absolute atomic E-state index is 0.0735. The molecule has 6 nitrogen and oxygen atoms in total. The molecule has 0 aromatic rings. The Balaban J connectivity index is 0.874. The molecule has 2 N–H and O–H groups in total. The lowest BCUT2D eigenvalue weighted by molar-refractivity contribution is -0.134. The first-order valence-electron chi connectivity index (χ1n) is 16.6. The molecule has 2 saturated carbocycles. The number of unbranched alkanes of at least 4 members (excludes halogenated alkanes) is 9. The van der Waals surface area contributed by atoms with Crippen LogP contribution in [0.3, 0.4) is 0 Å². The molecular weight excluding hydrogens is 524 g/mol. The van der Waals surface area contributed by atoms with Gasteiger partial charge in [-0.25, -0.2) is 0 Å². The number of hydrogen-bond donors (Lipinski definition) is 2.